The highest BCUT2D eigenvalue weighted by Crippen LogP contribution is 2.42. The van der Waals surface area contributed by atoms with E-state index in [2.05, 4.69) is 10.5 Å². The van der Waals surface area contributed by atoms with Crippen molar-refractivity contribution >= 4 is 58.8 Å². The molecule has 2 aromatic carbocycles. The number of aliphatic imine (C=N–C) groups is 1. The zero-order chi connectivity index (χ0) is 36.9. The van der Waals surface area contributed by atoms with Gasteiger partial charge in [-0.3, -0.25) is 4.79 Å². The van der Waals surface area contributed by atoms with E-state index in [0.29, 0.717) is 37.6 Å². The van der Waals surface area contributed by atoms with Crippen LogP contribution in [0.1, 0.15) is 66.5 Å². The summed E-state index contributed by atoms with van der Waals surface area (Å²) in [6.45, 7) is 14.6. The maximum Gasteiger partial charge on any atom is 0.440 e. The minimum absolute atomic E-state index is 0.0443. The van der Waals surface area contributed by atoms with Crippen molar-refractivity contribution in [2.75, 3.05) is 5.01 Å². The summed E-state index contributed by atoms with van der Waals surface area (Å²) >= 11 is 0.368. The summed E-state index contributed by atoms with van der Waals surface area (Å²) < 4.78 is 22.3. The first-order chi connectivity index (χ1) is 23.5. The van der Waals surface area contributed by atoms with Crippen LogP contribution >= 0.6 is 11.9 Å². The van der Waals surface area contributed by atoms with Crippen LogP contribution in [-0.4, -0.2) is 85.7 Å². The Morgan fingerprint density at radius 2 is 1.40 bits per heavy atom. The average molecular weight is 712 g/mol. The van der Waals surface area contributed by atoms with Gasteiger partial charge in [-0.1, -0.05) is 42.0 Å². The van der Waals surface area contributed by atoms with E-state index < -0.39 is 65.5 Å². The zero-order valence-electron chi connectivity index (χ0n) is 29.3. The molecular weight excluding hydrogens is 670 g/mol. The second-order valence-corrected chi connectivity index (χ2v) is 13.1. The molecule has 0 saturated carbocycles. The zero-order valence-corrected chi connectivity index (χ0v) is 30.1. The van der Waals surface area contributed by atoms with Gasteiger partial charge in [0.15, 0.2) is 0 Å². The van der Waals surface area contributed by atoms with Crippen LogP contribution in [0.25, 0.3) is 0 Å². The van der Waals surface area contributed by atoms with Crippen molar-refractivity contribution in [1.29, 1.82) is 0 Å². The molecule has 0 radical (unpaired) electrons. The number of amides is 5. The van der Waals surface area contributed by atoms with Gasteiger partial charge in [0.1, 0.15) is 5.71 Å². The largest absolute Gasteiger partial charge is 0.446 e. The van der Waals surface area contributed by atoms with Gasteiger partial charge in [0.2, 0.25) is 5.17 Å². The number of nitrogens with one attached hydrogen (secondary N) is 1. The number of hydrazine groups is 2. The van der Waals surface area contributed by atoms with E-state index in [-0.39, 0.29) is 5.71 Å². The fourth-order valence-corrected chi connectivity index (χ4v) is 5.52. The average Bonchev–Trinajstić information content (AvgIpc) is 3.50. The van der Waals surface area contributed by atoms with E-state index in [4.69, 9.17) is 23.9 Å². The molecule has 2 heterocycles. The molecule has 0 aliphatic carbocycles. The minimum Gasteiger partial charge on any atom is -0.446 e. The Morgan fingerprint density at radius 3 is 1.98 bits per heavy atom. The number of benzene rings is 2. The quantitative estimate of drug-likeness (QED) is 0.214. The van der Waals surface area contributed by atoms with E-state index >= 15 is 0 Å². The van der Waals surface area contributed by atoms with Crippen LogP contribution in [0.5, 0.6) is 0 Å². The molecule has 2 aliphatic heterocycles. The van der Waals surface area contributed by atoms with Gasteiger partial charge in [0.05, 0.1) is 42.1 Å². The Kier molecular flexibility index (Phi) is 11.6. The van der Waals surface area contributed by atoms with Gasteiger partial charge in [-0.05, 0) is 80.5 Å². The molecule has 2 aromatic rings. The maximum absolute atomic E-state index is 14.9. The van der Waals surface area contributed by atoms with Crippen molar-refractivity contribution < 1.29 is 42.9 Å². The number of para-hydroxylation sites is 1. The van der Waals surface area contributed by atoms with Gasteiger partial charge in [0.25, 0.3) is 5.66 Å². The standard InChI is InChI=1S/C33H41N7O9S/c1-19(2)46-29(42)36-40(32(45)49-22(7)8)50-28-34-33(39(31(44)48-21(5)6)38(28)30(43)47-20(3)4)26(24-15-13-14-23(9)18-24)35-37(27(33)41)25-16-11-10-12-17-25/h10-22H,1-9H3,(H,36,42). The Bertz CT molecular complexity index is 1680. The summed E-state index contributed by atoms with van der Waals surface area (Å²) in [6.07, 6.45) is -7.07. The number of hydrogen-bond acceptors (Lipinski definition) is 12. The number of ether oxygens (including phenoxy) is 4. The highest BCUT2D eigenvalue weighted by atomic mass is 32.2. The molecule has 268 valence electrons. The molecule has 1 atom stereocenters. The number of anilines is 1. The van der Waals surface area contributed by atoms with Crippen LogP contribution in [0, 0.1) is 6.92 Å². The molecule has 1 N–H and O–H groups in total. The lowest BCUT2D eigenvalue weighted by Crippen LogP contribution is -2.64. The molecule has 0 aromatic heterocycles. The summed E-state index contributed by atoms with van der Waals surface area (Å²) in [5.41, 5.74) is 1.34. The first-order valence-electron chi connectivity index (χ1n) is 15.9. The molecule has 1 unspecified atom stereocenters. The minimum atomic E-state index is -2.42. The molecular formula is C33H41N7O9S. The van der Waals surface area contributed by atoms with Gasteiger partial charge < -0.3 is 18.9 Å². The fourth-order valence-electron chi connectivity index (χ4n) is 4.71. The lowest BCUT2D eigenvalue weighted by Gasteiger charge is -2.36. The Morgan fingerprint density at radius 1 is 0.800 bits per heavy atom. The molecule has 0 saturated heterocycles. The SMILES string of the molecule is Cc1cccc(C2=NN(c3ccccc3)C(=O)C23N=C(SN(NC(=O)OC(C)C)C(=O)OC(C)C)N(C(=O)OC(C)C)N3C(=O)OC(C)C)c1. The normalized spacial score (nSPS) is 17.1. The molecule has 1 spiro atoms. The molecule has 0 bridgehead atoms. The maximum atomic E-state index is 14.9. The van der Waals surface area contributed by atoms with Crippen LogP contribution in [0.15, 0.2) is 64.7 Å². The van der Waals surface area contributed by atoms with E-state index in [0.717, 1.165) is 10.6 Å². The van der Waals surface area contributed by atoms with Crippen LogP contribution in [0.3, 0.4) is 0 Å². The third-order valence-electron chi connectivity index (χ3n) is 6.49. The van der Waals surface area contributed by atoms with E-state index in [9.17, 15) is 24.0 Å². The highest BCUT2D eigenvalue weighted by Gasteiger charge is 2.67. The third-order valence-corrected chi connectivity index (χ3v) is 7.34. The number of carbonyl (C=O) groups excluding carboxylic acids is 5. The van der Waals surface area contributed by atoms with Gasteiger partial charge >= 0.3 is 30.3 Å². The van der Waals surface area contributed by atoms with E-state index in [1.165, 1.54) is 0 Å². The number of carbonyl (C=O) groups is 5. The number of amidine groups is 1. The molecule has 0 fully saturated rings. The summed E-state index contributed by atoms with van der Waals surface area (Å²) in [5, 5.41) is 6.69. The molecule has 5 amide bonds. The van der Waals surface area contributed by atoms with Crippen LogP contribution in [0.4, 0.5) is 24.9 Å². The van der Waals surface area contributed by atoms with Crippen LogP contribution in [0.2, 0.25) is 0 Å². The van der Waals surface area contributed by atoms with Crippen molar-refractivity contribution in [3.63, 3.8) is 0 Å². The van der Waals surface area contributed by atoms with Crippen LogP contribution < -0.4 is 10.4 Å². The number of rotatable bonds is 6. The Hall–Kier alpha value is -5.32. The van der Waals surface area contributed by atoms with Crippen molar-refractivity contribution in [3.05, 3.63) is 65.7 Å². The first-order valence-corrected chi connectivity index (χ1v) is 16.7. The van der Waals surface area contributed by atoms with Crippen molar-refractivity contribution in [3.8, 4) is 0 Å². The monoisotopic (exact) mass is 711 g/mol. The highest BCUT2D eigenvalue weighted by molar-refractivity contribution is 8.12. The summed E-state index contributed by atoms with van der Waals surface area (Å²) in [7, 11) is 0. The second-order valence-electron chi connectivity index (χ2n) is 12.2. The molecule has 50 heavy (non-hydrogen) atoms. The molecule has 16 nitrogen and oxygen atoms in total. The first kappa shape index (κ1) is 37.5. The van der Waals surface area contributed by atoms with Crippen LogP contribution in [-0.2, 0) is 23.7 Å². The molecule has 2 aliphatic rings. The molecule has 4 rings (SSSR count). The summed E-state index contributed by atoms with van der Waals surface area (Å²) in [4.78, 5) is 73.9. The van der Waals surface area contributed by atoms with Gasteiger partial charge in [-0.15, -0.1) is 4.41 Å². The van der Waals surface area contributed by atoms with E-state index in [1.807, 2.05) is 13.0 Å². The Labute approximate surface area is 294 Å². The fraction of sp³-hybridized carbons (Fsp3) is 0.424. The smallest absolute Gasteiger partial charge is 0.440 e. The van der Waals surface area contributed by atoms with Gasteiger partial charge in [-0.25, -0.2) is 29.6 Å². The number of aryl methyl sites for hydroxylation is 1. The van der Waals surface area contributed by atoms with Crippen molar-refractivity contribution in [1.82, 2.24) is 19.9 Å². The lowest BCUT2D eigenvalue weighted by molar-refractivity contribution is -0.128. The predicted octanol–water partition coefficient (Wildman–Crippen LogP) is 5.97. The predicted molar refractivity (Wildman–Crippen MR) is 185 cm³/mol. The third kappa shape index (κ3) is 8.10. The summed E-state index contributed by atoms with van der Waals surface area (Å²) in [5.74, 6) is -0.859. The summed E-state index contributed by atoms with van der Waals surface area (Å²) in [6, 6.07) is 15.4. The van der Waals surface area contributed by atoms with E-state index in [1.54, 1.807) is 104 Å². The number of hydrazone groups is 1. The van der Waals surface area contributed by atoms with Gasteiger partial charge in [-0.2, -0.15) is 20.1 Å². The second kappa shape index (κ2) is 15.5. The number of nitrogens with zero attached hydrogens (tertiary/aromatic N) is 6. The lowest BCUT2D eigenvalue weighted by atomic mass is 9.95. The van der Waals surface area contributed by atoms with Gasteiger partial charge in [0, 0.05) is 5.56 Å². The van der Waals surface area contributed by atoms with Crippen molar-refractivity contribution in [2.24, 2.45) is 10.1 Å². The topological polar surface area (TPSA) is 172 Å². The van der Waals surface area contributed by atoms with Crippen molar-refractivity contribution in [2.45, 2.75) is 92.4 Å². The molecule has 17 heteroatoms. The number of hydrogen-bond donors (Lipinski definition) is 1. The Balaban J connectivity index is 2.01.